The molecule has 5 N–H and O–H groups in total. The second-order valence-corrected chi connectivity index (χ2v) is 4.39. The van der Waals surface area contributed by atoms with E-state index in [0.29, 0.717) is 12.8 Å². The Bertz CT molecular complexity index is 521. The highest BCUT2D eigenvalue weighted by molar-refractivity contribution is 5.30. The van der Waals surface area contributed by atoms with E-state index in [0.717, 1.165) is 0 Å². The first-order valence-electron chi connectivity index (χ1n) is 5.42. The fourth-order valence-corrected chi connectivity index (χ4v) is 2.27. The maximum Gasteiger partial charge on any atom is 0.328 e. The Balaban J connectivity index is 2.34. The molecule has 1 aromatic heterocycles. The first-order chi connectivity index (χ1) is 8.02. The Morgan fingerprint density at radius 3 is 2.76 bits per heavy atom. The van der Waals surface area contributed by atoms with E-state index >= 15 is 0 Å². The average molecular weight is 241 g/mol. The van der Waals surface area contributed by atoms with Gasteiger partial charge in [-0.15, -0.1) is 0 Å². The normalized spacial score (nSPS) is 28.5. The van der Waals surface area contributed by atoms with Crippen LogP contribution >= 0.6 is 0 Å². The number of anilines is 1. The highest BCUT2D eigenvalue weighted by atomic mass is 16.3. The first kappa shape index (κ1) is 11.9. The van der Waals surface area contributed by atoms with Crippen molar-refractivity contribution < 1.29 is 10.2 Å². The van der Waals surface area contributed by atoms with Gasteiger partial charge in [0.2, 0.25) is 0 Å². The summed E-state index contributed by atoms with van der Waals surface area (Å²) in [7, 11) is 0. The van der Waals surface area contributed by atoms with E-state index in [9.17, 15) is 14.7 Å². The van der Waals surface area contributed by atoms with E-state index in [1.165, 1.54) is 10.8 Å². The summed E-state index contributed by atoms with van der Waals surface area (Å²) in [6.45, 7) is -0.120. The minimum absolute atomic E-state index is 0.0356. The van der Waals surface area contributed by atoms with Crippen molar-refractivity contribution >= 4 is 5.69 Å². The molecule has 2 rings (SSSR count). The summed E-state index contributed by atoms with van der Waals surface area (Å²) >= 11 is 0. The van der Waals surface area contributed by atoms with Crippen LogP contribution in [0.3, 0.4) is 0 Å². The average Bonchev–Trinajstić information content (AvgIpc) is 2.65. The number of rotatable bonds is 2. The Kier molecular flexibility index (Phi) is 3.03. The predicted octanol–water partition coefficient (Wildman–Crippen LogP) is -1.58. The minimum atomic E-state index is -0.634. The molecule has 0 amide bonds. The van der Waals surface area contributed by atoms with Gasteiger partial charge in [-0.1, -0.05) is 0 Å². The van der Waals surface area contributed by atoms with Crippen LogP contribution in [-0.4, -0.2) is 32.5 Å². The molecule has 0 aromatic carbocycles. The summed E-state index contributed by atoms with van der Waals surface area (Å²) in [6.07, 6.45) is 1.52. The second kappa shape index (κ2) is 4.34. The zero-order chi connectivity index (χ0) is 12.6. The summed E-state index contributed by atoms with van der Waals surface area (Å²) in [5.74, 6) is -0.236. The summed E-state index contributed by atoms with van der Waals surface area (Å²) in [5.41, 5.74) is 4.26. The number of hydrogen-bond donors (Lipinski definition) is 4. The van der Waals surface area contributed by atoms with Crippen LogP contribution < -0.4 is 17.0 Å². The van der Waals surface area contributed by atoms with Gasteiger partial charge < -0.3 is 15.9 Å². The van der Waals surface area contributed by atoms with Crippen LogP contribution in [0.4, 0.5) is 5.69 Å². The van der Waals surface area contributed by atoms with Crippen molar-refractivity contribution in [2.75, 3.05) is 12.3 Å². The number of nitrogens with one attached hydrogen (secondary N) is 1. The van der Waals surface area contributed by atoms with Crippen LogP contribution in [0.1, 0.15) is 18.9 Å². The lowest BCUT2D eigenvalue weighted by Crippen LogP contribution is -2.33. The number of hydrogen-bond acceptors (Lipinski definition) is 5. The molecule has 1 heterocycles. The van der Waals surface area contributed by atoms with Crippen molar-refractivity contribution in [3.05, 3.63) is 27.0 Å². The van der Waals surface area contributed by atoms with E-state index in [-0.39, 0.29) is 24.3 Å². The number of aliphatic hydroxyl groups excluding tert-OH is 2. The molecular weight excluding hydrogens is 226 g/mol. The Morgan fingerprint density at radius 2 is 2.18 bits per heavy atom. The van der Waals surface area contributed by atoms with Crippen LogP contribution in [-0.2, 0) is 0 Å². The maximum atomic E-state index is 11.6. The molecule has 0 spiro atoms. The van der Waals surface area contributed by atoms with Gasteiger partial charge in [0.1, 0.15) is 5.69 Å². The predicted molar refractivity (Wildman–Crippen MR) is 60.6 cm³/mol. The standard InChI is InChI=1S/C10H15N3O4/c11-7-3-13(10(17)12-9(7)16)6-1-5(4-14)8(15)2-6/h3,5-6,8,14-15H,1-2,4,11H2,(H,12,16,17). The van der Waals surface area contributed by atoms with Gasteiger partial charge in [-0.05, 0) is 12.8 Å². The van der Waals surface area contributed by atoms with E-state index < -0.39 is 17.4 Å². The van der Waals surface area contributed by atoms with Gasteiger partial charge in [-0.3, -0.25) is 14.3 Å². The fourth-order valence-electron chi connectivity index (χ4n) is 2.27. The van der Waals surface area contributed by atoms with Gasteiger partial charge in [0.05, 0.1) is 6.10 Å². The molecule has 3 unspecified atom stereocenters. The molecule has 7 heteroatoms. The summed E-state index contributed by atoms with van der Waals surface area (Å²) in [4.78, 5) is 24.8. The highest BCUT2D eigenvalue weighted by Crippen LogP contribution is 2.33. The maximum absolute atomic E-state index is 11.6. The van der Waals surface area contributed by atoms with Crippen molar-refractivity contribution in [1.82, 2.24) is 9.55 Å². The van der Waals surface area contributed by atoms with Crippen LogP contribution in [0.2, 0.25) is 0 Å². The van der Waals surface area contributed by atoms with Crippen LogP contribution in [0.25, 0.3) is 0 Å². The molecule has 0 aliphatic heterocycles. The van der Waals surface area contributed by atoms with E-state index in [1.807, 2.05) is 0 Å². The molecule has 1 fully saturated rings. The van der Waals surface area contributed by atoms with Crippen molar-refractivity contribution in [1.29, 1.82) is 0 Å². The number of nitrogen functional groups attached to an aromatic ring is 1. The number of aromatic nitrogens is 2. The van der Waals surface area contributed by atoms with Crippen molar-refractivity contribution in [3.63, 3.8) is 0 Å². The van der Waals surface area contributed by atoms with Crippen LogP contribution in [0.5, 0.6) is 0 Å². The molecule has 1 aliphatic carbocycles. The summed E-state index contributed by atoms with van der Waals surface area (Å²) in [6, 6.07) is -0.242. The number of nitrogens with two attached hydrogens (primary N) is 1. The third-order valence-corrected chi connectivity index (χ3v) is 3.26. The number of nitrogens with zero attached hydrogens (tertiary/aromatic N) is 1. The van der Waals surface area contributed by atoms with Gasteiger partial charge in [-0.25, -0.2) is 4.79 Å². The number of H-pyrrole nitrogens is 1. The van der Waals surface area contributed by atoms with E-state index in [1.54, 1.807) is 0 Å². The van der Waals surface area contributed by atoms with Crippen molar-refractivity contribution in [3.8, 4) is 0 Å². The molecule has 7 nitrogen and oxygen atoms in total. The molecule has 94 valence electrons. The third kappa shape index (κ3) is 2.11. The van der Waals surface area contributed by atoms with Gasteiger partial charge >= 0.3 is 5.69 Å². The van der Waals surface area contributed by atoms with Crippen LogP contribution in [0.15, 0.2) is 15.8 Å². The zero-order valence-electron chi connectivity index (χ0n) is 9.17. The largest absolute Gasteiger partial charge is 0.396 e. The number of aromatic amines is 1. The molecule has 1 aromatic rings. The van der Waals surface area contributed by atoms with E-state index in [2.05, 4.69) is 4.98 Å². The smallest absolute Gasteiger partial charge is 0.328 e. The fraction of sp³-hybridized carbons (Fsp3) is 0.600. The SMILES string of the molecule is Nc1cn(C2CC(O)C(CO)C2)c(=O)[nH]c1=O. The first-order valence-corrected chi connectivity index (χ1v) is 5.42. The Labute approximate surface area is 96.5 Å². The zero-order valence-corrected chi connectivity index (χ0v) is 9.17. The van der Waals surface area contributed by atoms with Crippen LogP contribution in [0, 0.1) is 5.92 Å². The molecule has 3 atom stereocenters. The van der Waals surface area contributed by atoms with Gasteiger partial charge in [0.15, 0.2) is 0 Å². The molecular formula is C10H15N3O4. The van der Waals surface area contributed by atoms with Gasteiger partial charge in [0, 0.05) is 24.8 Å². The van der Waals surface area contributed by atoms with Crippen molar-refractivity contribution in [2.24, 2.45) is 5.92 Å². The van der Waals surface area contributed by atoms with Gasteiger partial charge in [-0.2, -0.15) is 0 Å². The summed E-state index contributed by atoms with van der Waals surface area (Å²) in [5, 5.41) is 18.7. The monoisotopic (exact) mass is 241 g/mol. The van der Waals surface area contributed by atoms with E-state index in [4.69, 9.17) is 10.8 Å². The number of aliphatic hydroxyl groups is 2. The highest BCUT2D eigenvalue weighted by Gasteiger charge is 2.34. The lowest BCUT2D eigenvalue weighted by Gasteiger charge is -2.13. The summed E-state index contributed by atoms with van der Waals surface area (Å²) < 4.78 is 1.32. The molecule has 1 saturated carbocycles. The molecule has 1 aliphatic rings. The van der Waals surface area contributed by atoms with Crippen molar-refractivity contribution in [2.45, 2.75) is 25.0 Å². The Morgan fingerprint density at radius 1 is 1.47 bits per heavy atom. The Hall–Kier alpha value is -1.60. The quantitative estimate of drug-likeness (QED) is 0.498. The lowest BCUT2D eigenvalue weighted by atomic mass is 10.1. The molecule has 17 heavy (non-hydrogen) atoms. The second-order valence-electron chi connectivity index (χ2n) is 4.39. The third-order valence-electron chi connectivity index (χ3n) is 3.26. The molecule has 0 saturated heterocycles. The minimum Gasteiger partial charge on any atom is -0.396 e. The molecule has 0 bridgehead atoms. The molecule has 0 radical (unpaired) electrons. The van der Waals surface area contributed by atoms with Gasteiger partial charge in [0.25, 0.3) is 5.56 Å². The topological polar surface area (TPSA) is 121 Å². The lowest BCUT2D eigenvalue weighted by molar-refractivity contribution is 0.0906.